The standard InChI is InChI=1S/C25H34N4O2/c1-17-4-3-13-29(17)16-18-5-7-19(8-6-18)20-14-22(23(26)27-15-20)24(30)28-21-9-11-25(2,31)12-10-21/h5-8,14-15,17,21,31H,3-4,9-13,16H2,1-2H3,(H2,26,27)(H,28,30)/t17-,21?,25?/m1/s1. The molecular weight excluding hydrogens is 388 g/mol. The summed E-state index contributed by atoms with van der Waals surface area (Å²) in [6.07, 6.45) is 7.19. The molecule has 1 aliphatic carbocycles. The van der Waals surface area contributed by atoms with E-state index in [2.05, 4.69) is 46.4 Å². The van der Waals surface area contributed by atoms with Crippen LogP contribution in [0.1, 0.15) is 68.3 Å². The first-order valence-electron chi connectivity index (χ1n) is 11.4. The van der Waals surface area contributed by atoms with Crippen molar-refractivity contribution in [2.75, 3.05) is 12.3 Å². The van der Waals surface area contributed by atoms with E-state index in [-0.39, 0.29) is 17.8 Å². The average Bonchev–Trinajstić information content (AvgIpc) is 3.15. The number of carbonyl (C=O) groups is 1. The molecule has 2 aliphatic rings. The van der Waals surface area contributed by atoms with Crippen molar-refractivity contribution in [1.29, 1.82) is 0 Å². The molecule has 2 fully saturated rings. The van der Waals surface area contributed by atoms with E-state index in [9.17, 15) is 9.90 Å². The molecule has 1 aliphatic heterocycles. The molecular formula is C25H34N4O2. The summed E-state index contributed by atoms with van der Waals surface area (Å²) < 4.78 is 0. The first kappa shape index (κ1) is 21.8. The molecule has 1 saturated heterocycles. The smallest absolute Gasteiger partial charge is 0.255 e. The highest BCUT2D eigenvalue weighted by Crippen LogP contribution is 2.29. The summed E-state index contributed by atoms with van der Waals surface area (Å²) in [5.41, 5.74) is 9.01. The minimum absolute atomic E-state index is 0.0584. The van der Waals surface area contributed by atoms with Crippen molar-refractivity contribution in [2.24, 2.45) is 0 Å². The third-order valence-electron chi connectivity index (χ3n) is 6.92. The van der Waals surface area contributed by atoms with Crippen molar-refractivity contribution in [3.8, 4) is 11.1 Å². The third kappa shape index (κ3) is 5.25. The van der Waals surface area contributed by atoms with Gasteiger partial charge in [0.05, 0.1) is 11.2 Å². The van der Waals surface area contributed by atoms with E-state index in [4.69, 9.17) is 5.73 Å². The monoisotopic (exact) mass is 422 g/mol. The number of likely N-dealkylation sites (tertiary alicyclic amines) is 1. The van der Waals surface area contributed by atoms with Crippen LogP contribution >= 0.6 is 0 Å². The lowest BCUT2D eigenvalue weighted by molar-refractivity contribution is 0.0140. The topological polar surface area (TPSA) is 91.5 Å². The zero-order chi connectivity index (χ0) is 22.0. The van der Waals surface area contributed by atoms with Gasteiger partial charge in [0, 0.05) is 30.4 Å². The highest BCUT2D eigenvalue weighted by molar-refractivity contribution is 5.99. The summed E-state index contributed by atoms with van der Waals surface area (Å²) in [7, 11) is 0. The number of carbonyl (C=O) groups excluding carboxylic acids is 1. The average molecular weight is 423 g/mol. The summed E-state index contributed by atoms with van der Waals surface area (Å²) in [5.74, 6) is 0.0433. The van der Waals surface area contributed by atoms with Gasteiger partial charge in [-0.15, -0.1) is 0 Å². The maximum Gasteiger partial charge on any atom is 0.255 e. The molecule has 4 N–H and O–H groups in total. The van der Waals surface area contributed by atoms with Gasteiger partial charge in [-0.2, -0.15) is 0 Å². The van der Waals surface area contributed by atoms with Gasteiger partial charge in [0.25, 0.3) is 5.91 Å². The number of nitrogens with zero attached hydrogens (tertiary/aromatic N) is 2. The normalized spacial score (nSPS) is 26.7. The molecule has 0 bridgehead atoms. The van der Waals surface area contributed by atoms with Crippen LogP contribution in [0.4, 0.5) is 5.82 Å². The minimum Gasteiger partial charge on any atom is -0.390 e. The molecule has 6 nitrogen and oxygen atoms in total. The molecule has 31 heavy (non-hydrogen) atoms. The molecule has 1 amide bonds. The van der Waals surface area contributed by atoms with Crippen LogP contribution in [0.25, 0.3) is 11.1 Å². The van der Waals surface area contributed by atoms with Gasteiger partial charge in [-0.25, -0.2) is 4.98 Å². The molecule has 1 aromatic carbocycles. The summed E-state index contributed by atoms with van der Waals surface area (Å²) in [6, 6.07) is 11.0. The second-order valence-corrected chi connectivity index (χ2v) is 9.56. The fraction of sp³-hybridized carbons (Fsp3) is 0.520. The Balaban J connectivity index is 1.44. The lowest BCUT2D eigenvalue weighted by atomic mass is 9.83. The van der Waals surface area contributed by atoms with Gasteiger partial charge in [-0.05, 0) is 76.1 Å². The Morgan fingerprint density at radius 3 is 2.58 bits per heavy atom. The number of pyridine rings is 1. The lowest BCUT2D eigenvalue weighted by Crippen LogP contribution is -2.42. The Morgan fingerprint density at radius 2 is 1.94 bits per heavy atom. The lowest BCUT2D eigenvalue weighted by Gasteiger charge is -2.33. The predicted octanol–water partition coefficient (Wildman–Crippen LogP) is 3.74. The molecule has 1 aromatic heterocycles. The van der Waals surface area contributed by atoms with Crippen LogP contribution in [0.15, 0.2) is 36.5 Å². The van der Waals surface area contributed by atoms with Crippen molar-refractivity contribution in [3.63, 3.8) is 0 Å². The van der Waals surface area contributed by atoms with Crippen LogP contribution < -0.4 is 11.1 Å². The minimum atomic E-state index is -0.624. The van der Waals surface area contributed by atoms with E-state index in [1.807, 2.05) is 13.0 Å². The Labute approximate surface area is 184 Å². The summed E-state index contributed by atoms with van der Waals surface area (Å²) in [4.78, 5) is 19.7. The number of nitrogens with one attached hydrogen (secondary N) is 1. The fourth-order valence-electron chi connectivity index (χ4n) is 4.73. The molecule has 4 rings (SSSR count). The number of hydrogen-bond acceptors (Lipinski definition) is 5. The largest absolute Gasteiger partial charge is 0.390 e. The molecule has 6 heteroatoms. The first-order valence-corrected chi connectivity index (χ1v) is 11.4. The Bertz CT molecular complexity index is 916. The Hall–Kier alpha value is -2.44. The number of benzene rings is 1. The van der Waals surface area contributed by atoms with Crippen molar-refractivity contribution in [2.45, 2.75) is 76.6 Å². The van der Waals surface area contributed by atoms with Crippen molar-refractivity contribution in [3.05, 3.63) is 47.7 Å². The predicted molar refractivity (Wildman–Crippen MR) is 124 cm³/mol. The zero-order valence-corrected chi connectivity index (χ0v) is 18.6. The molecule has 1 atom stereocenters. The van der Waals surface area contributed by atoms with E-state index < -0.39 is 5.60 Å². The van der Waals surface area contributed by atoms with E-state index in [0.29, 0.717) is 24.4 Å². The van der Waals surface area contributed by atoms with Crippen LogP contribution in [-0.2, 0) is 6.54 Å². The molecule has 2 aromatic rings. The van der Waals surface area contributed by atoms with Gasteiger partial charge in [0.15, 0.2) is 0 Å². The number of anilines is 1. The number of aliphatic hydroxyl groups is 1. The second-order valence-electron chi connectivity index (χ2n) is 9.56. The van der Waals surface area contributed by atoms with Gasteiger partial charge in [0.2, 0.25) is 0 Å². The number of aromatic nitrogens is 1. The van der Waals surface area contributed by atoms with Gasteiger partial charge in [-0.1, -0.05) is 24.3 Å². The van der Waals surface area contributed by atoms with Crippen LogP contribution in [0.3, 0.4) is 0 Å². The quantitative estimate of drug-likeness (QED) is 0.683. The highest BCUT2D eigenvalue weighted by atomic mass is 16.3. The molecule has 1 saturated carbocycles. The molecule has 0 spiro atoms. The summed E-state index contributed by atoms with van der Waals surface area (Å²) in [6.45, 7) is 6.29. The molecule has 166 valence electrons. The SMILES string of the molecule is C[C@@H]1CCCN1Cc1ccc(-c2cnc(N)c(C(=O)NC3CCC(C)(O)CC3)c2)cc1. The Kier molecular flexibility index (Phi) is 6.30. The molecule has 2 heterocycles. The number of rotatable bonds is 5. The maximum atomic E-state index is 12.9. The van der Waals surface area contributed by atoms with Gasteiger partial charge in [-0.3, -0.25) is 9.69 Å². The second kappa shape index (κ2) is 8.97. The van der Waals surface area contributed by atoms with E-state index in [0.717, 1.165) is 30.5 Å². The summed E-state index contributed by atoms with van der Waals surface area (Å²) in [5, 5.41) is 13.2. The first-order chi connectivity index (χ1) is 14.8. The van der Waals surface area contributed by atoms with Crippen molar-refractivity contribution in [1.82, 2.24) is 15.2 Å². The maximum absolute atomic E-state index is 12.9. The van der Waals surface area contributed by atoms with Crippen LogP contribution in [0.5, 0.6) is 0 Å². The van der Waals surface area contributed by atoms with Gasteiger partial charge in [0.1, 0.15) is 5.82 Å². The summed E-state index contributed by atoms with van der Waals surface area (Å²) >= 11 is 0. The van der Waals surface area contributed by atoms with Crippen LogP contribution in [0.2, 0.25) is 0 Å². The van der Waals surface area contributed by atoms with Crippen molar-refractivity contribution < 1.29 is 9.90 Å². The molecule has 0 radical (unpaired) electrons. The van der Waals surface area contributed by atoms with E-state index >= 15 is 0 Å². The fourth-order valence-corrected chi connectivity index (χ4v) is 4.73. The third-order valence-corrected chi connectivity index (χ3v) is 6.92. The Morgan fingerprint density at radius 1 is 1.23 bits per heavy atom. The number of nitrogen functional groups attached to an aromatic ring is 1. The zero-order valence-electron chi connectivity index (χ0n) is 18.6. The van der Waals surface area contributed by atoms with Crippen LogP contribution in [0, 0.1) is 0 Å². The van der Waals surface area contributed by atoms with Gasteiger partial charge >= 0.3 is 0 Å². The van der Waals surface area contributed by atoms with Crippen molar-refractivity contribution >= 4 is 11.7 Å². The highest BCUT2D eigenvalue weighted by Gasteiger charge is 2.30. The van der Waals surface area contributed by atoms with Crippen LogP contribution in [-0.4, -0.2) is 45.1 Å². The van der Waals surface area contributed by atoms with E-state index in [1.165, 1.54) is 24.9 Å². The van der Waals surface area contributed by atoms with Gasteiger partial charge < -0.3 is 16.2 Å². The number of nitrogens with two attached hydrogens (primary N) is 1. The number of amides is 1. The van der Waals surface area contributed by atoms with E-state index in [1.54, 1.807) is 6.20 Å². The number of hydrogen-bond donors (Lipinski definition) is 3. The molecule has 0 unspecified atom stereocenters.